The summed E-state index contributed by atoms with van der Waals surface area (Å²) in [6.45, 7) is 0.394. The van der Waals surface area contributed by atoms with Crippen molar-refractivity contribution in [1.29, 1.82) is 0 Å². The summed E-state index contributed by atoms with van der Waals surface area (Å²) >= 11 is 12.1. The highest BCUT2D eigenvalue weighted by Gasteiger charge is 2.30. The van der Waals surface area contributed by atoms with Crippen molar-refractivity contribution in [2.75, 3.05) is 28.6 Å². The number of nitrogens with zero attached hydrogens (tertiary/aromatic N) is 1. The molecule has 0 heterocycles. The Bertz CT molecular complexity index is 1500. The quantitative estimate of drug-likeness (QED) is 0.164. The van der Waals surface area contributed by atoms with Crippen molar-refractivity contribution in [2.24, 2.45) is 0 Å². The third kappa shape index (κ3) is 8.79. The van der Waals surface area contributed by atoms with Gasteiger partial charge in [-0.3, -0.25) is 4.90 Å². The average Bonchev–Trinajstić information content (AvgIpc) is 2.96. The van der Waals surface area contributed by atoms with Crippen LogP contribution in [0.2, 0.25) is 10.0 Å². The first-order valence-corrected chi connectivity index (χ1v) is 13.4. The molecule has 0 atom stereocenters. The number of rotatable bonds is 9. The summed E-state index contributed by atoms with van der Waals surface area (Å²) in [5.74, 6) is 1.25. The molecule has 4 amide bonds. The molecule has 0 aromatic heterocycles. The van der Waals surface area contributed by atoms with Gasteiger partial charge in [0.1, 0.15) is 11.5 Å². The lowest BCUT2D eigenvalue weighted by molar-refractivity contribution is -0.137. The van der Waals surface area contributed by atoms with Crippen molar-refractivity contribution in [3.63, 3.8) is 0 Å². The fourth-order valence-corrected chi connectivity index (χ4v) is 4.09. The molecule has 4 aromatic carbocycles. The zero-order valence-corrected chi connectivity index (χ0v) is 23.4. The molecule has 0 bridgehead atoms. The van der Waals surface area contributed by atoms with Gasteiger partial charge in [0, 0.05) is 30.2 Å². The summed E-state index contributed by atoms with van der Waals surface area (Å²) in [6.07, 6.45) is -4.11. The summed E-state index contributed by atoms with van der Waals surface area (Å²) < 4.78 is 44.1. The number of anilines is 3. The molecule has 0 radical (unpaired) electrons. The smallest absolute Gasteiger partial charge is 0.416 e. The molecule has 0 saturated carbocycles. The molecule has 0 aliphatic rings. The van der Waals surface area contributed by atoms with Crippen molar-refractivity contribution in [3.8, 4) is 11.5 Å². The van der Waals surface area contributed by atoms with Crippen molar-refractivity contribution >= 4 is 52.3 Å². The molecule has 3 N–H and O–H groups in total. The van der Waals surface area contributed by atoms with Gasteiger partial charge in [0.2, 0.25) is 0 Å². The van der Waals surface area contributed by atoms with E-state index >= 15 is 0 Å². The summed E-state index contributed by atoms with van der Waals surface area (Å²) in [5, 5.41) is 8.55. The van der Waals surface area contributed by atoms with Gasteiger partial charge in [0.25, 0.3) is 0 Å². The number of carbonyl (C=O) groups is 2. The number of amides is 4. The zero-order chi connectivity index (χ0) is 30.1. The first-order valence-electron chi connectivity index (χ1n) is 12.7. The van der Waals surface area contributed by atoms with E-state index in [1.54, 1.807) is 36.4 Å². The van der Waals surface area contributed by atoms with E-state index in [0.29, 0.717) is 34.3 Å². The van der Waals surface area contributed by atoms with Crippen LogP contribution in [-0.2, 0) is 6.18 Å². The van der Waals surface area contributed by atoms with E-state index < -0.39 is 23.8 Å². The molecule has 7 nitrogen and oxygen atoms in total. The number of hydrogen-bond donors (Lipinski definition) is 3. The Morgan fingerprint density at radius 1 is 0.762 bits per heavy atom. The van der Waals surface area contributed by atoms with Crippen LogP contribution in [0.5, 0.6) is 11.5 Å². The maximum atomic E-state index is 13.3. The van der Waals surface area contributed by atoms with Crippen LogP contribution in [0.4, 0.5) is 39.8 Å². The van der Waals surface area contributed by atoms with Crippen LogP contribution in [0.1, 0.15) is 12.0 Å². The number of hydrogen-bond acceptors (Lipinski definition) is 3. The number of ether oxygens (including phenoxy) is 1. The Hall–Kier alpha value is -4.41. The van der Waals surface area contributed by atoms with Crippen LogP contribution in [0.15, 0.2) is 97.1 Å². The van der Waals surface area contributed by atoms with Gasteiger partial charge in [-0.05, 0) is 85.3 Å². The number of para-hydroxylation sites is 1. The second-order valence-electron chi connectivity index (χ2n) is 8.93. The van der Waals surface area contributed by atoms with Gasteiger partial charge in [-0.15, -0.1) is 0 Å². The minimum absolute atomic E-state index is 0.179. The summed E-state index contributed by atoms with van der Waals surface area (Å²) in [7, 11) is 0. The van der Waals surface area contributed by atoms with Crippen LogP contribution < -0.4 is 25.6 Å². The van der Waals surface area contributed by atoms with E-state index in [0.717, 1.165) is 12.1 Å². The lowest BCUT2D eigenvalue weighted by Gasteiger charge is -2.24. The largest absolute Gasteiger partial charge is 0.457 e. The Kier molecular flexibility index (Phi) is 10.2. The Morgan fingerprint density at radius 3 is 2.05 bits per heavy atom. The van der Waals surface area contributed by atoms with E-state index in [1.165, 1.54) is 23.1 Å². The molecule has 0 aliphatic heterocycles. The van der Waals surface area contributed by atoms with E-state index in [2.05, 4.69) is 16.0 Å². The number of benzene rings is 4. The molecule has 4 rings (SSSR count). The van der Waals surface area contributed by atoms with E-state index in [4.69, 9.17) is 27.9 Å². The Balaban J connectivity index is 1.38. The fraction of sp³-hybridized carbons (Fsp3) is 0.133. The molecule has 0 unspecified atom stereocenters. The topological polar surface area (TPSA) is 82.7 Å². The standard InChI is InChI=1S/C30H25Cl2F3N4O3/c31-26-16-11-22(19-27(26)32)38-29(41)39(23-12-14-25(15-13-23)42-24-5-2-1-3-6-24)18-4-17-36-28(40)37-21-9-7-20(8-10-21)30(33,34)35/h1-3,5-16,19H,4,17-18H2,(H,38,41)(H2,36,37,40). The third-order valence-corrected chi connectivity index (χ3v) is 6.60. The van der Waals surface area contributed by atoms with Crippen molar-refractivity contribution in [1.82, 2.24) is 5.32 Å². The minimum atomic E-state index is -4.46. The molecule has 0 saturated heterocycles. The van der Waals surface area contributed by atoms with Gasteiger partial charge in [-0.25, -0.2) is 9.59 Å². The van der Waals surface area contributed by atoms with Gasteiger partial charge in [-0.1, -0.05) is 41.4 Å². The molecule has 0 aliphatic carbocycles. The molecule has 0 fully saturated rings. The molecule has 218 valence electrons. The first-order chi connectivity index (χ1) is 20.1. The van der Waals surface area contributed by atoms with Gasteiger partial charge in [0.15, 0.2) is 0 Å². The van der Waals surface area contributed by atoms with Crippen molar-refractivity contribution < 1.29 is 27.5 Å². The average molecular weight is 617 g/mol. The fourth-order valence-electron chi connectivity index (χ4n) is 3.79. The molecule has 12 heteroatoms. The Labute approximate surface area is 250 Å². The molecule has 42 heavy (non-hydrogen) atoms. The van der Waals surface area contributed by atoms with Crippen LogP contribution in [-0.4, -0.2) is 25.2 Å². The first kappa shape index (κ1) is 30.5. The van der Waals surface area contributed by atoms with Crippen LogP contribution in [0.3, 0.4) is 0 Å². The Morgan fingerprint density at radius 2 is 1.40 bits per heavy atom. The highest BCUT2D eigenvalue weighted by molar-refractivity contribution is 6.42. The van der Waals surface area contributed by atoms with Gasteiger partial charge in [0.05, 0.1) is 15.6 Å². The normalized spacial score (nSPS) is 11.0. The van der Waals surface area contributed by atoms with E-state index in [1.807, 2.05) is 30.3 Å². The number of carbonyl (C=O) groups excluding carboxylic acids is 2. The molecule has 0 spiro atoms. The van der Waals surface area contributed by atoms with Gasteiger partial charge >= 0.3 is 18.2 Å². The lowest BCUT2D eigenvalue weighted by atomic mass is 10.2. The monoisotopic (exact) mass is 616 g/mol. The summed E-state index contributed by atoms with van der Waals surface area (Å²) in [5.41, 5.74) is 0.410. The number of alkyl halides is 3. The molecular formula is C30H25Cl2F3N4O3. The van der Waals surface area contributed by atoms with Crippen molar-refractivity contribution in [2.45, 2.75) is 12.6 Å². The van der Waals surface area contributed by atoms with E-state index in [9.17, 15) is 22.8 Å². The minimum Gasteiger partial charge on any atom is -0.457 e. The maximum Gasteiger partial charge on any atom is 0.416 e. The third-order valence-electron chi connectivity index (χ3n) is 5.86. The summed E-state index contributed by atoms with van der Waals surface area (Å²) in [4.78, 5) is 27.0. The van der Waals surface area contributed by atoms with Gasteiger partial charge in [-0.2, -0.15) is 13.2 Å². The number of nitrogens with one attached hydrogen (secondary N) is 3. The number of halogens is 5. The van der Waals surface area contributed by atoms with Crippen LogP contribution >= 0.6 is 23.2 Å². The van der Waals surface area contributed by atoms with Gasteiger partial charge < -0.3 is 20.7 Å². The lowest BCUT2D eigenvalue weighted by Crippen LogP contribution is -2.38. The molecule has 4 aromatic rings. The van der Waals surface area contributed by atoms with Crippen molar-refractivity contribution in [3.05, 3.63) is 113 Å². The van der Waals surface area contributed by atoms with E-state index in [-0.39, 0.29) is 23.8 Å². The predicted octanol–water partition coefficient (Wildman–Crippen LogP) is 9.05. The van der Waals surface area contributed by atoms with Crippen LogP contribution in [0.25, 0.3) is 0 Å². The molecular weight excluding hydrogens is 592 g/mol. The highest BCUT2D eigenvalue weighted by Crippen LogP contribution is 2.30. The summed E-state index contributed by atoms with van der Waals surface area (Å²) in [6, 6.07) is 24.0. The SMILES string of the molecule is O=C(NCCCN(C(=O)Nc1ccc(Cl)c(Cl)c1)c1ccc(Oc2ccccc2)cc1)Nc1ccc(C(F)(F)F)cc1. The second kappa shape index (κ2) is 14.0. The van der Waals surface area contributed by atoms with Crippen LogP contribution in [0, 0.1) is 0 Å². The zero-order valence-electron chi connectivity index (χ0n) is 21.9. The number of urea groups is 2. The predicted molar refractivity (Wildman–Crippen MR) is 159 cm³/mol. The maximum absolute atomic E-state index is 13.3. The highest BCUT2D eigenvalue weighted by atomic mass is 35.5. The second-order valence-corrected chi connectivity index (χ2v) is 9.74.